The summed E-state index contributed by atoms with van der Waals surface area (Å²) in [5.74, 6) is 0.847. The first-order valence-electron chi connectivity index (χ1n) is 7.51. The van der Waals surface area contributed by atoms with Crippen LogP contribution in [0.4, 0.5) is 0 Å². The van der Waals surface area contributed by atoms with E-state index >= 15 is 0 Å². The number of amides is 1. The molecule has 2 aliphatic rings. The van der Waals surface area contributed by atoms with E-state index in [-0.39, 0.29) is 5.91 Å². The summed E-state index contributed by atoms with van der Waals surface area (Å²) in [5, 5.41) is 6.49. The highest BCUT2D eigenvalue weighted by molar-refractivity contribution is 5.77. The van der Waals surface area contributed by atoms with Crippen LogP contribution >= 0.6 is 0 Å². The third-order valence-electron chi connectivity index (χ3n) is 4.20. The number of hydrogen-bond donors (Lipinski definition) is 2. The summed E-state index contributed by atoms with van der Waals surface area (Å²) in [7, 11) is 1.65. The van der Waals surface area contributed by atoms with E-state index in [1.165, 1.54) is 32.2 Å². The fourth-order valence-electron chi connectivity index (χ4n) is 3.23. The third-order valence-corrected chi connectivity index (χ3v) is 4.20. The molecule has 2 unspecified atom stereocenters. The standard InChI is InChI=1S/C14H27N3O2/c1-19-9-7-16-14(18)11-17-8-3-4-12(10-17)13-5-2-6-15-13/h12-13,15H,2-11H2,1H3,(H,16,18). The summed E-state index contributed by atoms with van der Waals surface area (Å²) in [4.78, 5) is 14.1. The summed E-state index contributed by atoms with van der Waals surface area (Å²) < 4.78 is 4.93. The summed E-state index contributed by atoms with van der Waals surface area (Å²) in [6.45, 7) is 5.01. The van der Waals surface area contributed by atoms with Crippen LogP contribution in [0.1, 0.15) is 25.7 Å². The zero-order valence-electron chi connectivity index (χ0n) is 12.0. The van der Waals surface area contributed by atoms with Crippen LogP contribution in [0, 0.1) is 5.92 Å². The van der Waals surface area contributed by atoms with Gasteiger partial charge in [-0.05, 0) is 44.7 Å². The molecule has 0 spiro atoms. The summed E-state index contributed by atoms with van der Waals surface area (Å²) in [5.41, 5.74) is 0. The molecule has 2 atom stereocenters. The topological polar surface area (TPSA) is 53.6 Å². The molecule has 2 aliphatic heterocycles. The number of ether oxygens (including phenoxy) is 1. The fraction of sp³-hybridized carbons (Fsp3) is 0.929. The molecular weight excluding hydrogens is 242 g/mol. The van der Waals surface area contributed by atoms with Gasteiger partial charge in [0.1, 0.15) is 0 Å². The number of methoxy groups -OCH3 is 1. The Hall–Kier alpha value is -0.650. The molecule has 1 amide bonds. The number of likely N-dealkylation sites (tertiary alicyclic amines) is 1. The van der Waals surface area contributed by atoms with Gasteiger partial charge in [-0.3, -0.25) is 9.69 Å². The number of carbonyl (C=O) groups excluding carboxylic acids is 1. The Balaban J connectivity index is 1.69. The van der Waals surface area contributed by atoms with Crippen LogP contribution in [0.2, 0.25) is 0 Å². The number of carbonyl (C=O) groups is 1. The predicted molar refractivity (Wildman–Crippen MR) is 75.1 cm³/mol. The van der Waals surface area contributed by atoms with E-state index in [0.717, 1.165) is 19.0 Å². The van der Waals surface area contributed by atoms with Gasteiger partial charge in [0.15, 0.2) is 0 Å². The highest BCUT2D eigenvalue weighted by atomic mass is 16.5. The predicted octanol–water partition coefficient (Wildman–Crippen LogP) is 0.213. The maximum Gasteiger partial charge on any atom is 0.234 e. The normalized spacial score (nSPS) is 28.5. The Morgan fingerprint density at radius 3 is 3.05 bits per heavy atom. The highest BCUT2D eigenvalue weighted by Gasteiger charge is 2.29. The van der Waals surface area contributed by atoms with E-state index in [9.17, 15) is 4.79 Å². The number of nitrogens with one attached hydrogen (secondary N) is 2. The van der Waals surface area contributed by atoms with Crippen molar-refractivity contribution >= 4 is 5.91 Å². The van der Waals surface area contributed by atoms with Crippen molar-refractivity contribution in [1.82, 2.24) is 15.5 Å². The van der Waals surface area contributed by atoms with Crippen molar-refractivity contribution in [2.24, 2.45) is 5.92 Å². The lowest BCUT2D eigenvalue weighted by molar-refractivity contribution is -0.122. The molecule has 0 aliphatic carbocycles. The number of piperidine rings is 1. The number of rotatable bonds is 6. The van der Waals surface area contributed by atoms with Gasteiger partial charge in [0.25, 0.3) is 0 Å². The Kier molecular flexibility index (Phi) is 6.07. The SMILES string of the molecule is COCCNC(=O)CN1CCCC(C2CCCN2)C1. The molecule has 2 fully saturated rings. The molecule has 19 heavy (non-hydrogen) atoms. The lowest BCUT2D eigenvalue weighted by Crippen LogP contribution is -2.47. The van der Waals surface area contributed by atoms with Crippen molar-refractivity contribution in [1.29, 1.82) is 0 Å². The summed E-state index contributed by atoms with van der Waals surface area (Å²) in [6, 6.07) is 0.680. The zero-order chi connectivity index (χ0) is 13.5. The van der Waals surface area contributed by atoms with Crippen LogP contribution in [-0.2, 0) is 9.53 Å². The van der Waals surface area contributed by atoms with Gasteiger partial charge in [-0.15, -0.1) is 0 Å². The van der Waals surface area contributed by atoms with Gasteiger partial charge < -0.3 is 15.4 Å². The van der Waals surface area contributed by atoms with Crippen molar-refractivity contribution in [3.63, 3.8) is 0 Å². The molecule has 110 valence electrons. The average Bonchev–Trinajstić information content (AvgIpc) is 2.93. The van der Waals surface area contributed by atoms with Crippen LogP contribution in [0.15, 0.2) is 0 Å². The second-order valence-corrected chi connectivity index (χ2v) is 5.68. The van der Waals surface area contributed by atoms with Crippen LogP contribution in [0.3, 0.4) is 0 Å². The molecule has 0 aromatic heterocycles. The fourth-order valence-corrected chi connectivity index (χ4v) is 3.23. The molecule has 0 radical (unpaired) electrons. The molecule has 2 N–H and O–H groups in total. The molecule has 0 bridgehead atoms. The Labute approximate surface area is 116 Å². The molecular formula is C14H27N3O2. The molecule has 2 heterocycles. The van der Waals surface area contributed by atoms with Crippen molar-refractivity contribution in [3.05, 3.63) is 0 Å². The molecule has 0 aromatic carbocycles. The maximum atomic E-state index is 11.8. The second-order valence-electron chi connectivity index (χ2n) is 5.68. The molecule has 0 aromatic rings. The van der Waals surface area contributed by atoms with Gasteiger partial charge in [-0.25, -0.2) is 0 Å². The van der Waals surface area contributed by atoms with Crippen molar-refractivity contribution < 1.29 is 9.53 Å². The largest absolute Gasteiger partial charge is 0.383 e. The molecule has 2 rings (SSSR count). The van der Waals surface area contributed by atoms with E-state index in [1.807, 2.05) is 0 Å². The molecule has 5 heteroatoms. The lowest BCUT2D eigenvalue weighted by atomic mass is 9.90. The smallest absolute Gasteiger partial charge is 0.234 e. The highest BCUT2D eigenvalue weighted by Crippen LogP contribution is 2.24. The number of nitrogens with zero attached hydrogens (tertiary/aromatic N) is 1. The molecule has 2 saturated heterocycles. The van der Waals surface area contributed by atoms with Crippen LogP contribution in [0.25, 0.3) is 0 Å². The quantitative estimate of drug-likeness (QED) is 0.677. The van der Waals surface area contributed by atoms with Gasteiger partial charge in [-0.2, -0.15) is 0 Å². The minimum absolute atomic E-state index is 0.122. The lowest BCUT2D eigenvalue weighted by Gasteiger charge is -2.35. The van der Waals surface area contributed by atoms with E-state index < -0.39 is 0 Å². The van der Waals surface area contributed by atoms with Crippen LogP contribution in [-0.4, -0.2) is 63.3 Å². The minimum atomic E-state index is 0.122. The van der Waals surface area contributed by atoms with Gasteiger partial charge in [0.2, 0.25) is 5.91 Å². The van der Waals surface area contributed by atoms with E-state index in [0.29, 0.717) is 25.7 Å². The molecule has 0 saturated carbocycles. The Morgan fingerprint density at radius 2 is 2.32 bits per heavy atom. The first-order valence-corrected chi connectivity index (χ1v) is 7.51. The van der Waals surface area contributed by atoms with Crippen LogP contribution in [0.5, 0.6) is 0 Å². The first kappa shape index (κ1) is 14.8. The van der Waals surface area contributed by atoms with E-state index in [1.54, 1.807) is 7.11 Å². The van der Waals surface area contributed by atoms with Gasteiger partial charge in [-0.1, -0.05) is 0 Å². The monoisotopic (exact) mass is 269 g/mol. The van der Waals surface area contributed by atoms with E-state index in [4.69, 9.17) is 4.74 Å². The van der Waals surface area contributed by atoms with Crippen molar-refractivity contribution in [2.45, 2.75) is 31.7 Å². The van der Waals surface area contributed by atoms with Crippen LogP contribution < -0.4 is 10.6 Å². The van der Waals surface area contributed by atoms with E-state index in [2.05, 4.69) is 15.5 Å². The Morgan fingerprint density at radius 1 is 1.42 bits per heavy atom. The third kappa shape index (κ3) is 4.75. The zero-order valence-corrected chi connectivity index (χ0v) is 12.0. The first-order chi connectivity index (χ1) is 9.29. The summed E-state index contributed by atoms with van der Waals surface area (Å²) >= 11 is 0. The minimum Gasteiger partial charge on any atom is -0.383 e. The molecule has 5 nitrogen and oxygen atoms in total. The average molecular weight is 269 g/mol. The van der Waals surface area contributed by atoms with Crippen molar-refractivity contribution in [2.75, 3.05) is 46.4 Å². The Bertz CT molecular complexity index is 280. The maximum absolute atomic E-state index is 11.8. The van der Waals surface area contributed by atoms with Gasteiger partial charge in [0.05, 0.1) is 13.2 Å². The summed E-state index contributed by atoms with van der Waals surface area (Å²) in [6.07, 6.45) is 5.13. The van der Waals surface area contributed by atoms with Gasteiger partial charge >= 0.3 is 0 Å². The van der Waals surface area contributed by atoms with Gasteiger partial charge in [0, 0.05) is 26.2 Å². The number of hydrogen-bond acceptors (Lipinski definition) is 4. The van der Waals surface area contributed by atoms with Crippen molar-refractivity contribution in [3.8, 4) is 0 Å². The second kappa shape index (κ2) is 7.82.